The van der Waals surface area contributed by atoms with Gasteiger partial charge in [0, 0.05) is 24.7 Å². The highest BCUT2D eigenvalue weighted by Crippen LogP contribution is 2.35. The second-order valence-corrected chi connectivity index (χ2v) is 5.61. The maximum atomic E-state index is 6.04. The lowest BCUT2D eigenvalue weighted by Gasteiger charge is -2.26. The molecule has 19 heavy (non-hydrogen) atoms. The van der Waals surface area contributed by atoms with E-state index >= 15 is 0 Å². The molecule has 106 valence electrons. The molecule has 0 atom stereocenters. The number of nitrogens with zero attached hydrogens (tertiary/aromatic N) is 1. The summed E-state index contributed by atoms with van der Waals surface area (Å²) in [7, 11) is 0. The Morgan fingerprint density at radius 1 is 1.11 bits per heavy atom. The van der Waals surface area contributed by atoms with Crippen molar-refractivity contribution in [2.75, 3.05) is 39.5 Å². The summed E-state index contributed by atoms with van der Waals surface area (Å²) < 4.78 is 10.9. The molecule has 2 rings (SSSR count). The Morgan fingerprint density at radius 2 is 1.74 bits per heavy atom. The number of hydrogen-bond acceptors (Lipinski definition) is 3. The van der Waals surface area contributed by atoms with Crippen LogP contribution in [0.4, 0.5) is 0 Å². The van der Waals surface area contributed by atoms with E-state index in [-0.39, 0.29) is 0 Å². The van der Waals surface area contributed by atoms with E-state index in [4.69, 9.17) is 44.3 Å². The van der Waals surface area contributed by atoms with Crippen LogP contribution in [-0.4, -0.2) is 44.4 Å². The van der Waals surface area contributed by atoms with Crippen LogP contribution in [0.1, 0.15) is 6.42 Å². The molecule has 0 amide bonds. The van der Waals surface area contributed by atoms with E-state index in [1.54, 1.807) is 12.1 Å². The van der Waals surface area contributed by atoms with E-state index in [0.29, 0.717) is 27.4 Å². The van der Waals surface area contributed by atoms with Gasteiger partial charge in [-0.25, -0.2) is 0 Å². The summed E-state index contributed by atoms with van der Waals surface area (Å²) in [5.41, 5.74) is 0. The maximum Gasteiger partial charge on any atom is 0.156 e. The highest BCUT2D eigenvalue weighted by atomic mass is 35.5. The topological polar surface area (TPSA) is 21.7 Å². The predicted octanol–water partition coefficient (Wildman–Crippen LogP) is 3.75. The van der Waals surface area contributed by atoms with Crippen molar-refractivity contribution in [3.8, 4) is 5.75 Å². The summed E-state index contributed by atoms with van der Waals surface area (Å²) in [6, 6.07) is 3.26. The van der Waals surface area contributed by atoms with E-state index in [9.17, 15) is 0 Å². The summed E-state index contributed by atoms with van der Waals surface area (Å²) in [6.45, 7) is 5.18. The van der Waals surface area contributed by atoms with Crippen molar-refractivity contribution in [1.82, 2.24) is 4.90 Å². The van der Waals surface area contributed by atoms with Gasteiger partial charge in [-0.3, -0.25) is 4.90 Å². The standard InChI is InChI=1S/C13H16Cl3NO2/c14-10-8-11(15)13(12(16)9-10)19-5-1-2-17-3-6-18-7-4-17/h8-9H,1-7H2. The number of morpholine rings is 1. The summed E-state index contributed by atoms with van der Waals surface area (Å²) in [6.07, 6.45) is 0.926. The fraction of sp³-hybridized carbons (Fsp3) is 0.538. The first-order valence-corrected chi connectivity index (χ1v) is 7.37. The van der Waals surface area contributed by atoms with Gasteiger partial charge in [0.05, 0.1) is 29.9 Å². The third kappa shape index (κ3) is 4.69. The molecule has 1 aliphatic rings. The van der Waals surface area contributed by atoms with Gasteiger partial charge in [-0.15, -0.1) is 0 Å². The lowest BCUT2D eigenvalue weighted by Crippen LogP contribution is -2.37. The third-order valence-corrected chi connectivity index (χ3v) is 3.71. The molecule has 0 N–H and O–H groups in total. The smallest absolute Gasteiger partial charge is 0.156 e. The highest BCUT2D eigenvalue weighted by molar-refractivity contribution is 6.40. The minimum atomic E-state index is 0.448. The van der Waals surface area contributed by atoms with Crippen LogP contribution in [0.15, 0.2) is 12.1 Å². The van der Waals surface area contributed by atoms with E-state index in [2.05, 4.69) is 4.90 Å². The summed E-state index contributed by atoms with van der Waals surface area (Å²) in [5.74, 6) is 0.509. The fourth-order valence-electron chi connectivity index (χ4n) is 1.95. The quantitative estimate of drug-likeness (QED) is 0.770. The molecule has 0 aromatic heterocycles. The second-order valence-electron chi connectivity index (χ2n) is 4.35. The van der Waals surface area contributed by atoms with Gasteiger partial charge in [-0.05, 0) is 18.6 Å². The Labute approximate surface area is 128 Å². The van der Waals surface area contributed by atoms with E-state index in [1.165, 1.54) is 0 Å². The average Bonchev–Trinajstić information content (AvgIpc) is 2.38. The zero-order chi connectivity index (χ0) is 13.7. The van der Waals surface area contributed by atoms with Gasteiger partial charge in [-0.1, -0.05) is 34.8 Å². The van der Waals surface area contributed by atoms with Crippen LogP contribution >= 0.6 is 34.8 Å². The Kier molecular flexibility index (Phi) is 6.05. The van der Waals surface area contributed by atoms with Gasteiger partial charge in [0.25, 0.3) is 0 Å². The molecular formula is C13H16Cl3NO2. The second kappa shape index (κ2) is 7.55. The van der Waals surface area contributed by atoms with Crippen molar-refractivity contribution in [2.45, 2.75) is 6.42 Å². The molecular weight excluding hydrogens is 309 g/mol. The SMILES string of the molecule is Clc1cc(Cl)c(OCCCN2CCOCC2)c(Cl)c1. The summed E-state index contributed by atoms with van der Waals surface area (Å²) >= 11 is 17.9. The normalized spacial score (nSPS) is 16.6. The number of rotatable bonds is 5. The van der Waals surface area contributed by atoms with Crippen molar-refractivity contribution in [3.63, 3.8) is 0 Å². The van der Waals surface area contributed by atoms with Crippen LogP contribution in [0, 0.1) is 0 Å². The van der Waals surface area contributed by atoms with Crippen molar-refractivity contribution >= 4 is 34.8 Å². The van der Waals surface area contributed by atoms with Gasteiger partial charge in [0.1, 0.15) is 0 Å². The van der Waals surface area contributed by atoms with E-state index in [1.807, 2.05) is 0 Å². The number of benzene rings is 1. The fourth-order valence-corrected chi connectivity index (χ4v) is 2.88. The Morgan fingerprint density at radius 3 is 2.37 bits per heavy atom. The van der Waals surface area contributed by atoms with Gasteiger partial charge in [0.2, 0.25) is 0 Å². The highest BCUT2D eigenvalue weighted by Gasteiger charge is 2.11. The lowest BCUT2D eigenvalue weighted by atomic mass is 10.3. The maximum absolute atomic E-state index is 6.04. The first-order chi connectivity index (χ1) is 9.16. The monoisotopic (exact) mass is 323 g/mol. The molecule has 0 radical (unpaired) electrons. The average molecular weight is 325 g/mol. The molecule has 1 aromatic rings. The molecule has 0 saturated carbocycles. The third-order valence-electron chi connectivity index (χ3n) is 2.93. The number of ether oxygens (including phenoxy) is 2. The molecule has 3 nitrogen and oxygen atoms in total. The van der Waals surface area contributed by atoms with Crippen LogP contribution in [0.5, 0.6) is 5.75 Å². The molecule has 0 spiro atoms. The Bertz CT molecular complexity index is 399. The van der Waals surface area contributed by atoms with Crippen molar-refractivity contribution in [3.05, 3.63) is 27.2 Å². The Balaban J connectivity index is 1.76. The molecule has 0 aliphatic carbocycles. The first kappa shape index (κ1) is 15.2. The van der Waals surface area contributed by atoms with E-state index in [0.717, 1.165) is 39.3 Å². The number of halogens is 3. The van der Waals surface area contributed by atoms with Crippen LogP contribution in [0.3, 0.4) is 0 Å². The van der Waals surface area contributed by atoms with Crippen LogP contribution in [-0.2, 0) is 4.74 Å². The molecule has 1 saturated heterocycles. The molecule has 1 aromatic carbocycles. The Hall–Kier alpha value is -0.190. The minimum absolute atomic E-state index is 0.448. The van der Waals surface area contributed by atoms with Crippen LogP contribution < -0.4 is 4.74 Å². The van der Waals surface area contributed by atoms with Crippen LogP contribution in [0.2, 0.25) is 15.1 Å². The molecule has 1 aliphatic heterocycles. The first-order valence-electron chi connectivity index (χ1n) is 6.24. The summed E-state index contributed by atoms with van der Waals surface area (Å²) in [5, 5.41) is 1.41. The van der Waals surface area contributed by atoms with Gasteiger partial charge < -0.3 is 9.47 Å². The zero-order valence-electron chi connectivity index (χ0n) is 10.5. The number of hydrogen-bond donors (Lipinski definition) is 0. The molecule has 6 heteroatoms. The lowest BCUT2D eigenvalue weighted by molar-refractivity contribution is 0.0358. The molecule has 0 unspecified atom stereocenters. The van der Waals surface area contributed by atoms with Crippen molar-refractivity contribution < 1.29 is 9.47 Å². The van der Waals surface area contributed by atoms with Gasteiger partial charge in [-0.2, -0.15) is 0 Å². The zero-order valence-corrected chi connectivity index (χ0v) is 12.8. The largest absolute Gasteiger partial charge is 0.490 e. The van der Waals surface area contributed by atoms with Crippen molar-refractivity contribution in [2.24, 2.45) is 0 Å². The van der Waals surface area contributed by atoms with Crippen molar-refractivity contribution in [1.29, 1.82) is 0 Å². The molecule has 0 bridgehead atoms. The molecule has 1 heterocycles. The van der Waals surface area contributed by atoms with Gasteiger partial charge >= 0.3 is 0 Å². The summed E-state index contributed by atoms with van der Waals surface area (Å²) in [4.78, 5) is 2.36. The molecule has 1 fully saturated rings. The van der Waals surface area contributed by atoms with Crippen LogP contribution in [0.25, 0.3) is 0 Å². The van der Waals surface area contributed by atoms with Gasteiger partial charge in [0.15, 0.2) is 5.75 Å². The van der Waals surface area contributed by atoms with E-state index < -0.39 is 0 Å². The predicted molar refractivity (Wildman–Crippen MR) is 78.8 cm³/mol. The minimum Gasteiger partial charge on any atom is -0.490 e.